The van der Waals surface area contributed by atoms with Gasteiger partial charge in [-0.15, -0.1) is 0 Å². The van der Waals surface area contributed by atoms with Crippen molar-refractivity contribution in [2.24, 2.45) is 5.92 Å². The normalized spacial score (nSPS) is 19.2. The van der Waals surface area contributed by atoms with Gasteiger partial charge in [-0.2, -0.15) is 5.26 Å². The van der Waals surface area contributed by atoms with E-state index in [4.69, 9.17) is 0 Å². The van der Waals surface area contributed by atoms with Crippen molar-refractivity contribution >= 4 is 11.8 Å². The third-order valence-electron chi connectivity index (χ3n) is 4.38. The number of carbonyl (C=O) groups excluding carboxylic acids is 2. The summed E-state index contributed by atoms with van der Waals surface area (Å²) in [6.45, 7) is 0.645. The van der Waals surface area contributed by atoms with E-state index < -0.39 is 6.04 Å². The van der Waals surface area contributed by atoms with Gasteiger partial charge in [0.25, 0.3) is 0 Å². The molecule has 24 heavy (non-hydrogen) atoms. The number of nitriles is 1. The number of hydrogen-bond acceptors (Lipinski definition) is 4. The van der Waals surface area contributed by atoms with Gasteiger partial charge in [-0.3, -0.25) is 9.59 Å². The molecule has 0 spiro atoms. The molecule has 1 aromatic carbocycles. The lowest BCUT2D eigenvalue weighted by atomic mass is 9.98. The molecule has 2 rings (SSSR count). The highest BCUT2D eigenvalue weighted by Gasteiger charge is 2.29. The van der Waals surface area contributed by atoms with Gasteiger partial charge >= 0.3 is 0 Å². The van der Waals surface area contributed by atoms with Gasteiger partial charge < -0.3 is 16.0 Å². The fraction of sp³-hybridized carbons (Fsp3) is 0.500. The van der Waals surface area contributed by atoms with Gasteiger partial charge in [0.2, 0.25) is 11.8 Å². The van der Waals surface area contributed by atoms with E-state index in [1.807, 2.05) is 30.3 Å². The zero-order chi connectivity index (χ0) is 17.4. The second-order valence-electron chi connectivity index (χ2n) is 6.07. The Morgan fingerprint density at radius 3 is 2.75 bits per heavy atom. The molecule has 6 nitrogen and oxygen atoms in total. The third kappa shape index (κ3) is 5.07. The number of benzene rings is 1. The van der Waals surface area contributed by atoms with Crippen molar-refractivity contribution in [2.75, 3.05) is 13.6 Å². The first-order valence-corrected chi connectivity index (χ1v) is 8.33. The van der Waals surface area contributed by atoms with Crippen LogP contribution < -0.4 is 16.0 Å². The molecule has 6 heteroatoms. The summed E-state index contributed by atoms with van der Waals surface area (Å²) in [5.74, 6) is -0.413. The van der Waals surface area contributed by atoms with Crippen LogP contribution in [-0.2, 0) is 16.0 Å². The Morgan fingerprint density at radius 2 is 2.17 bits per heavy atom. The lowest BCUT2D eigenvalue weighted by Crippen LogP contribution is -2.47. The Hall–Kier alpha value is -2.39. The number of likely N-dealkylation sites (N-methyl/N-ethyl adjacent to an activating group) is 1. The van der Waals surface area contributed by atoms with Crippen molar-refractivity contribution in [3.8, 4) is 6.07 Å². The summed E-state index contributed by atoms with van der Waals surface area (Å²) in [4.78, 5) is 24.0. The van der Waals surface area contributed by atoms with Gasteiger partial charge in [-0.1, -0.05) is 30.3 Å². The van der Waals surface area contributed by atoms with Crippen LogP contribution in [-0.4, -0.2) is 37.5 Å². The Morgan fingerprint density at radius 1 is 1.42 bits per heavy atom. The molecule has 0 radical (unpaired) electrons. The van der Waals surface area contributed by atoms with Gasteiger partial charge in [0.05, 0.1) is 12.1 Å². The number of nitrogens with zero attached hydrogens (tertiary/aromatic N) is 1. The van der Waals surface area contributed by atoms with E-state index in [1.165, 1.54) is 5.56 Å². The molecule has 2 unspecified atom stereocenters. The van der Waals surface area contributed by atoms with Crippen LogP contribution >= 0.6 is 0 Å². The lowest BCUT2D eigenvalue weighted by molar-refractivity contribution is -0.125. The molecule has 0 saturated carbocycles. The van der Waals surface area contributed by atoms with Gasteiger partial charge in [-0.25, -0.2) is 0 Å². The molecule has 2 amide bonds. The molecule has 1 aliphatic heterocycles. The van der Waals surface area contributed by atoms with Crippen LogP contribution in [0.25, 0.3) is 0 Å². The number of nitrogens with one attached hydrogen (secondary N) is 3. The molecule has 1 saturated heterocycles. The molecule has 3 N–H and O–H groups in total. The van der Waals surface area contributed by atoms with Crippen LogP contribution in [0.3, 0.4) is 0 Å². The van der Waals surface area contributed by atoms with E-state index in [0.717, 1.165) is 12.8 Å². The van der Waals surface area contributed by atoms with E-state index >= 15 is 0 Å². The first kappa shape index (κ1) is 18.0. The van der Waals surface area contributed by atoms with Crippen molar-refractivity contribution in [3.05, 3.63) is 35.9 Å². The quantitative estimate of drug-likeness (QED) is 0.656. The average molecular weight is 328 g/mol. The Bertz CT molecular complexity index is 597. The summed E-state index contributed by atoms with van der Waals surface area (Å²) in [6.07, 6.45) is 2.51. The molecule has 1 aliphatic rings. The summed E-state index contributed by atoms with van der Waals surface area (Å²) in [6, 6.07) is 11.1. The average Bonchev–Trinajstić information content (AvgIpc) is 3.00. The highest BCUT2D eigenvalue weighted by atomic mass is 16.2. The Labute approximate surface area is 142 Å². The lowest BCUT2D eigenvalue weighted by Gasteiger charge is -2.20. The standard InChI is InChI=1S/C18H24N4O2/c1-20-16(8-7-13-5-3-2-4-6-13)18(24)22-15(12-19)11-14-9-10-21-17(14)23/h2-6,14-16,20H,7-11H2,1H3,(H,21,23)(H,22,24)/t14?,15?,16-/m0/s1. The molecule has 0 bridgehead atoms. The molecule has 0 aliphatic carbocycles. The van der Waals surface area contributed by atoms with Crippen molar-refractivity contribution < 1.29 is 9.59 Å². The van der Waals surface area contributed by atoms with E-state index in [1.54, 1.807) is 7.05 Å². The van der Waals surface area contributed by atoms with Crippen molar-refractivity contribution in [3.63, 3.8) is 0 Å². The Balaban J connectivity index is 1.85. The number of hydrogen-bond donors (Lipinski definition) is 3. The number of carbonyl (C=O) groups is 2. The van der Waals surface area contributed by atoms with Crippen LogP contribution in [0.2, 0.25) is 0 Å². The van der Waals surface area contributed by atoms with Gasteiger partial charge in [0.15, 0.2) is 0 Å². The fourth-order valence-corrected chi connectivity index (χ4v) is 2.93. The minimum Gasteiger partial charge on any atom is -0.356 e. The zero-order valence-electron chi connectivity index (χ0n) is 13.9. The monoisotopic (exact) mass is 328 g/mol. The van der Waals surface area contributed by atoms with Crippen LogP contribution in [0.15, 0.2) is 30.3 Å². The van der Waals surface area contributed by atoms with Crippen LogP contribution in [0.5, 0.6) is 0 Å². The van der Waals surface area contributed by atoms with Crippen LogP contribution in [0, 0.1) is 17.2 Å². The molecule has 3 atom stereocenters. The van der Waals surface area contributed by atoms with Gasteiger partial charge in [-0.05, 0) is 38.3 Å². The van der Waals surface area contributed by atoms with E-state index in [9.17, 15) is 14.9 Å². The zero-order valence-corrected chi connectivity index (χ0v) is 13.9. The fourth-order valence-electron chi connectivity index (χ4n) is 2.93. The second kappa shape index (κ2) is 9.04. The van der Waals surface area contributed by atoms with E-state index in [2.05, 4.69) is 22.0 Å². The highest BCUT2D eigenvalue weighted by Crippen LogP contribution is 2.16. The molecule has 128 valence electrons. The van der Waals surface area contributed by atoms with Gasteiger partial charge in [0, 0.05) is 12.5 Å². The predicted molar refractivity (Wildman–Crippen MR) is 90.9 cm³/mol. The maximum absolute atomic E-state index is 12.4. The highest BCUT2D eigenvalue weighted by molar-refractivity contribution is 5.83. The number of amides is 2. The number of aryl methyl sites for hydroxylation is 1. The third-order valence-corrected chi connectivity index (χ3v) is 4.38. The smallest absolute Gasteiger partial charge is 0.238 e. The van der Waals surface area contributed by atoms with Crippen LogP contribution in [0.4, 0.5) is 0 Å². The summed E-state index contributed by atoms with van der Waals surface area (Å²) in [5, 5.41) is 17.8. The second-order valence-corrected chi connectivity index (χ2v) is 6.07. The SMILES string of the molecule is CN[C@@H](CCc1ccccc1)C(=O)NC(C#N)CC1CCNC1=O. The minimum atomic E-state index is -0.640. The first-order valence-electron chi connectivity index (χ1n) is 8.33. The van der Waals surface area contributed by atoms with E-state index in [0.29, 0.717) is 19.4 Å². The van der Waals surface area contributed by atoms with E-state index in [-0.39, 0.29) is 23.8 Å². The topological polar surface area (TPSA) is 94.0 Å². The Kier molecular flexibility index (Phi) is 6.76. The maximum Gasteiger partial charge on any atom is 0.238 e. The molecule has 0 aromatic heterocycles. The van der Waals surface area contributed by atoms with Gasteiger partial charge in [0.1, 0.15) is 6.04 Å². The molecule has 1 heterocycles. The summed E-state index contributed by atoms with van der Waals surface area (Å²) in [5.41, 5.74) is 1.17. The van der Waals surface area contributed by atoms with Crippen molar-refractivity contribution in [2.45, 2.75) is 37.8 Å². The predicted octanol–water partition coefficient (Wildman–Crippen LogP) is 0.742. The summed E-state index contributed by atoms with van der Waals surface area (Å²) >= 11 is 0. The maximum atomic E-state index is 12.4. The van der Waals surface area contributed by atoms with Crippen molar-refractivity contribution in [1.29, 1.82) is 5.26 Å². The minimum absolute atomic E-state index is 0.0289. The molecule has 1 aromatic rings. The summed E-state index contributed by atoms with van der Waals surface area (Å²) in [7, 11) is 1.74. The summed E-state index contributed by atoms with van der Waals surface area (Å²) < 4.78 is 0. The molecular weight excluding hydrogens is 304 g/mol. The molecule has 1 fully saturated rings. The number of rotatable bonds is 8. The largest absolute Gasteiger partial charge is 0.356 e. The molecular formula is C18H24N4O2. The first-order chi connectivity index (χ1) is 11.6. The van der Waals surface area contributed by atoms with Crippen LogP contribution in [0.1, 0.15) is 24.8 Å². The van der Waals surface area contributed by atoms with Crippen molar-refractivity contribution in [1.82, 2.24) is 16.0 Å².